The Morgan fingerprint density at radius 1 is 1.12 bits per heavy atom. The second-order valence-electron chi connectivity index (χ2n) is 4.66. The van der Waals surface area contributed by atoms with E-state index in [1.807, 2.05) is 18.1 Å². The summed E-state index contributed by atoms with van der Waals surface area (Å²) in [6, 6.07) is 6.25. The Hall–Kier alpha value is -1.41. The molecule has 3 rings (SSSR count). The molecule has 17 heavy (non-hydrogen) atoms. The number of benzene rings is 1. The number of carbonyl (C=O) groups excluding carboxylic acids is 1. The fourth-order valence-electron chi connectivity index (χ4n) is 2.08. The van der Waals surface area contributed by atoms with Crippen molar-refractivity contribution in [2.24, 2.45) is 0 Å². The fourth-order valence-corrected chi connectivity index (χ4v) is 2.08. The van der Waals surface area contributed by atoms with Gasteiger partial charge in [-0.1, -0.05) is 18.2 Å². The smallest absolute Gasteiger partial charge is 0.125 e. The summed E-state index contributed by atoms with van der Waals surface area (Å²) in [7, 11) is 0. The molecule has 0 amide bonds. The van der Waals surface area contributed by atoms with Gasteiger partial charge in [-0.2, -0.15) is 0 Å². The van der Waals surface area contributed by atoms with E-state index in [0.29, 0.717) is 12.2 Å². The molecule has 1 aromatic rings. The molecule has 3 heteroatoms. The molecule has 2 heterocycles. The molecule has 0 saturated carbocycles. The lowest BCUT2D eigenvalue weighted by Gasteiger charge is -2.05. The Balaban J connectivity index is 1.83. The van der Waals surface area contributed by atoms with Crippen LogP contribution < -0.4 is 0 Å². The SMILES string of the molecule is O=C=Cc1cc(CC2CO2)cc(CC2CO2)c1. The predicted molar refractivity (Wildman–Crippen MR) is 63.5 cm³/mol. The molecule has 0 aromatic heterocycles. The third-order valence-corrected chi connectivity index (χ3v) is 3.03. The van der Waals surface area contributed by atoms with Gasteiger partial charge >= 0.3 is 0 Å². The zero-order valence-electron chi connectivity index (χ0n) is 9.52. The van der Waals surface area contributed by atoms with Crippen molar-refractivity contribution in [1.82, 2.24) is 0 Å². The molecule has 88 valence electrons. The van der Waals surface area contributed by atoms with Gasteiger partial charge in [-0.15, -0.1) is 0 Å². The van der Waals surface area contributed by atoms with E-state index in [2.05, 4.69) is 6.07 Å². The van der Waals surface area contributed by atoms with Gasteiger partial charge in [0.1, 0.15) is 5.94 Å². The topological polar surface area (TPSA) is 42.1 Å². The normalized spacial score (nSPS) is 25.2. The number of rotatable bonds is 5. The minimum Gasteiger partial charge on any atom is -0.373 e. The summed E-state index contributed by atoms with van der Waals surface area (Å²) < 4.78 is 10.5. The summed E-state index contributed by atoms with van der Waals surface area (Å²) in [6.45, 7) is 1.71. The minimum atomic E-state index is 0.371. The van der Waals surface area contributed by atoms with Crippen molar-refractivity contribution in [3.05, 3.63) is 34.9 Å². The van der Waals surface area contributed by atoms with Crippen molar-refractivity contribution in [1.29, 1.82) is 0 Å². The third-order valence-electron chi connectivity index (χ3n) is 3.03. The fraction of sp³-hybridized carbons (Fsp3) is 0.429. The number of hydrogen-bond donors (Lipinski definition) is 0. The first-order chi connectivity index (χ1) is 8.33. The Morgan fingerprint density at radius 2 is 1.65 bits per heavy atom. The summed E-state index contributed by atoms with van der Waals surface area (Å²) in [6.07, 6.45) is 4.08. The molecule has 1 aromatic carbocycles. The summed E-state index contributed by atoms with van der Waals surface area (Å²) in [4.78, 5) is 10.4. The molecule has 0 aliphatic carbocycles. The molecule has 0 radical (unpaired) electrons. The van der Waals surface area contributed by atoms with Gasteiger partial charge in [0, 0.05) is 18.9 Å². The molecule has 2 fully saturated rings. The van der Waals surface area contributed by atoms with Crippen molar-refractivity contribution >= 4 is 12.0 Å². The van der Waals surface area contributed by atoms with Crippen LogP contribution >= 0.6 is 0 Å². The third kappa shape index (κ3) is 3.04. The van der Waals surface area contributed by atoms with Crippen molar-refractivity contribution in [3.63, 3.8) is 0 Å². The van der Waals surface area contributed by atoms with Crippen LogP contribution in [0, 0.1) is 0 Å². The lowest BCUT2D eigenvalue weighted by Crippen LogP contribution is -1.99. The highest BCUT2D eigenvalue weighted by molar-refractivity contribution is 5.75. The lowest BCUT2D eigenvalue weighted by molar-refractivity contribution is 0.406. The van der Waals surface area contributed by atoms with Gasteiger partial charge in [-0.05, 0) is 16.7 Å². The second kappa shape index (κ2) is 4.46. The molecular weight excluding hydrogens is 216 g/mol. The van der Waals surface area contributed by atoms with Crippen LogP contribution in [0.1, 0.15) is 16.7 Å². The van der Waals surface area contributed by atoms with E-state index in [1.54, 1.807) is 0 Å². The van der Waals surface area contributed by atoms with Crippen molar-refractivity contribution in [3.8, 4) is 0 Å². The van der Waals surface area contributed by atoms with E-state index in [4.69, 9.17) is 9.47 Å². The van der Waals surface area contributed by atoms with Crippen LogP contribution in [0.15, 0.2) is 18.2 Å². The van der Waals surface area contributed by atoms with E-state index in [1.165, 1.54) is 17.2 Å². The highest BCUT2D eigenvalue weighted by Crippen LogP contribution is 2.22. The van der Waals surface area contributed by atoms with Crippen LogP contribution in [-0.2, 0) is 27.1 Å². The van der Waals surface area contributed by atoms with Crippen LogP contribution in [-0.4, -0.2) is 31.4 Å². The van der Waals surface area contributed by atoms with Crippen LogP contribution in [0.3, 0.4) is 0 Å². The first kappa shape index (κ1) is 10.7. The second-order valence-corrected chi connectivity index (χ2v) is 4.66. The molecule has 0 spiro atoms. The quantitative estimate of drug-likeness (QED) is 0.567. The molecule has 0 bridgehead atoms. The maximum absolute atomic E-state index is 10.4. The van der Waals surface area contributed by atoms with Crippen LogP contribution in [0.25, 0.3) is 6.08 Å². The monoisotopic (exact) mass is 230 g/mol. The molecule has 2 aliphatic heterocycles. The van der Waals surface area contributed by atoms with Gasteiger partial charge in [0.05, 0.1) is 25.4 Å². The molecule has 2 saturated heterocycles. The molecule has 0 N–H and O–H groups in total. The average Bonchev–Trinajstić information content (AvgIpc) is 3.14. The van der Waals surface area contributed by atoms with Gasteiger partial charge in [-0.25, -0.2) is 4.79 Å². The van der Waals surface area contributed by atoms with Gasteiger partial charge in [-0.3, -0.25) is 0 Å². The van der Waals surface area contributed by atoms with Crippen molar-refractivity contribution < 1.29 is 14.3 Å². The van der Waals surface area contributed by atoms with Crippen LogP contribution in [0.5, 0.6) is 0 Å². The van der Waals surface area contributed by atoms with Crippen molar-refractivity contribution in [2.45, 2.75) is 25.0 Å². The number of hydrogen-bond acceptors (Lipinski definition) is 3. The largest absolute Gasteiger partial charge is 0.373 e. The zero-order valence-corrected chi connectivity index (χ0v) is 9.52. The number of epoxide rings is 2. The van der Waals surface area contributed by atoms with E-state index in [-0.39, 0.29) is 0 Å². The maximum Gasteiger partial charge on any atom is 0.125 e. The standard InChI is InChI=1S/C14H14O3/c15-2-1-10-3-11(6-13-8-16-13)5-12(4-10)7-14-9-17-14/h1,3-5,13-14H,6-9H2. The molecule has 2 aliphatic rings. The van der Waals surface area contributed by atoms with Gasteiger partial charge in [0.15, 0.2) is 0 Å². The molecule has 3 nitrogen and oxygen atoms in total. The number of ether oxygens (including phenoxy) is 2. The van der Waals surface area contributed by atoms with Gasteiger partial charge in [0.2, 0.25) is 0 Å². The Morgan fingerprint density at radius 3 is 2.06 bits per heavy atom. The maximum atomic E-state index is 10.4. The highest BCUT2D eigenvalue weighted by atomic mass is 16.6. The van der Waals surface area contributed by atoms with Gasteiger partial charge < -0.3 is 9.47 Å². The Bertz CT molecular complexity index is 434. The Kier molecular flexibility index (Phi) is 2.81. The van der Waals surface area contributed by atoms with E-state index in [9.17, 15) is 4.79 Å². The minimum absolute atomic E-state index is 0.371. The summed E-state index contributed by atoms with van der Waals surface area (Å²) in [5.41, 5.74) is 3.38. The predicted octanol–water partition coefficient (Wildman–Crippen LogP) is 1.41. The summed E-state index contributed by atoms with van der Waals surface area (Å²) in [5.74, 6) is 1.84. The Labute approximate surface area is 100 Å². The van der Waals surface area contributed by atoms with Crippen molar-refractivity contribution in [2.75, 3.05) is 13.2 Å². The summed E-state index contributed by atoms with van der Waals surface area (Å²) in [5, 5.41) is 0. The first-order valence-corrected chi connectivity index (χ1v) is 5.90. The van der Waals surface area contributed by atoms with Gasteiger partial charge in [0.25, 0.3) is 0 Å². The lowest BCUT2D eigenvalue weighted by atomic mass is 10.00. The van der Waals surface area contributed by atoms with E-state index >= 15 is 0 Å². The summed E-state index contributed by atoms with van der Waals surface area (Å²) >= 11 is 0. The average molecular weight is 230 g/mol. The first-order valence-electron chi connectivity index (χ1n) is 5.90. The van der Waals surface area contributed by atoms with E-state index < -0.39 is 0 Å². The van der Waals surface area contributed by atoms with Crippen LogP contribution in [0.4, 0.5) is 0 Å². The molecule has 2 unspecified atom stereocenters. The molecular formula is C14H14O3. The van der Waals surface area contributed by atoms with Crippen LogP contribution in [0.2, 0.25) is 0 Å². The zero-order chi connectivity index (χ0) is 11.7. The highest BCUT2D eigenvalue weighted by Gasteiger charge is 2.25. The van der Waals surface area contributed by atoms with E-state index in [0.717, 1.165) is 31.6 Å². The molecule has 2 atom stereocenters.